The zero-order valence-corrected chi connectivity index (χ0v) is 18.1. The molecule has 2 N–H and O–H groups in total. The van der Waals surface area contributed by atoms with Gasteiger partial charge in [0.05, 0.1) is 6.04 Å². The highest BCUT2D eigenvalue weighted by molar-refractivity contribution is 7.08. The number of rotatable bonds is 9. The molecule has 1 heterocycles. The molecule has 0 aliphatic rings. The number of amides is 2. The van der Waals surface area contributed by atoms with Gasteiger partial charge in [0.15, 0.2) is 0 Å². The lowest BCUT2D eigenvalue weighted by atomic mass is 10.1. The molecule has 30 heavy (non-hydrogen) atoms. The van der Waals surface area contributed by atoms with Gasteiger partial charge in [-0.2, -0.15) is 11.3 Å². The molecule has 0 fully saturated rings. The van der Waals surface area contributed by atoms with Crippen LogP contribution in [0.25, 0.3) is 0 Å². The molecule has 0 radical (unpaired) electrons. The Morgan fingerprint density at radius 2 is 1.57 bits per heavy atom. The van der Waals surface area contributed by atoms with Crippen LogP contribution in [0.1, 0.15) is 46.2 Å². The summed E-state index contributed by atoms with van der Waals surface area (Å²) in [6, 6.07) is 18.3. The van der Waals surface area contributed by atoms with Gasteiger partial charge in [0, 0.05) is 23.4 Å². The van der Waals surface area contributed by atoms with E-state index in [-0.39, 0.29) is 17.9 Å². The summed E-state index contributed by atoms with van der Waals surface area (Å²) >= 11 is 1.67. The molecule has 0 bridgehead atoms. The van der Waals surface area contributed by atoms with Crippen LogP contribution in [0.3, 0.4) is 0 Å². The molecule has 0 spiro atoms. The summed E-state index contributed by atoms with van der Waals surface area (Å²) in [4.78, 5) is 27.2. The molecule has 0 saturated carbocycles. The van der Waals surface area contributed by atoms with Crippen LogP contribution in [-0.2, 0) is 0 Å². The Kier molecular flexibility index (Phi) is 7.76. The number of carbonyl (C=O) groups excluding carboxylic acids is 2. The largest absolute Gasteiger partial charge is 0.350 e. The second-order valence-corrected chi connectivity index (χ2v) is 7.68. The monoisotopic (exact) mass is 421 g/mol. The topological polar surface area (TPSA) is 61.4 Å². The summed E-state index contributed by atoms with van der Waals surface area (Å²) in [7, 11) is 0. The number of hydrogen-bond donors (Lipinski definition) is 2. The summed E-state index contributed by atoms with van der Waals surface area (Å²) < 4.78 is 0. The van der Waals surface area contributed by atoms with E-state index in [0.29, 0.717) is 23.4 Å². The number of hydrogen-bond acceptors (Lipinski definition) is 4. The first-order valence-electron chi connectivity index (χ1n) is 10.1. The zero-order chi connectivity index (χ0) is 21.3. The summed E-state index contributed by atoms with van der Waals surface area (Å²) in [6.45, 7) is 6.65. The van der Waals surface area contributed by atoms with Gasteiger partial charge in [-0.25, -0.2) is 0 Å². The quantitative estimate of drug-likeness (QED) is 0.521. The Hall–Kier alpha value is -2.96. The molecule has 0 saturated heterocycles. The van der Waals surface area contributed by atoms with E-state index in [1.54, 1.807) is 47.7 Å². The number of nitrogens with zero attached hydrogens (tertiary/aromatic N) is 1. The summed E-state index contributed by atoms with van der Waals surface area (Å²) in [6.07, 6.45) is 0. The van der Waals surface area contributed by atoms with Crippen molar-refractivity contribution >= 4 is 28.8 Å². The van der Waals surface area contributed by atoms with Gasteiger partial charge in [-0.1, -0.05) is 32.0 Å². The highest BCUT2D eigenvalue weighted by atomic mass is 32.1. The maximum absolute atomic E-state index is 12.7. The molecule has 0 aliphatic carbocycles. The predicted octanol–water partition coefficient (Wildman–Crippen LogP) is 4.81. The van der Waals surface area contributed by atoms with Gasteiger partial charge in [0.1, 0.15) is 0 Å². The Labute approximate surface area is 181 Å². The van der Waals surface area contributed by atoms with Crippen molar-refractivity contribution in [1.29, 1.82) is 0 Å². The minimum absolute atomic E-state index is 0.122. The van der Waals surface area contributed by atoms with Crippen molar-refractivity contribution in [1.82, 2.24) is 10.2 Å². The molecule has 1 aromatic heterocycles. The van der Waals surface area contributed by atoms with E-state index in [2.05, 4.69) is 46.2 Å². The van der Waals surface area contributed by atoms with Gasteiger partial charge in [-0.05, 0) is 71.9 Å². The Morgan fingerprint density at radius 3 is 2.17 bits per heavy atom. The minimum Gasteiger partial charge on any atom is -0.350 e. The maximum atomic E-state index is 12.7. The van der Waals surface area contributed by atoms with E-state index in [1.165, 1.54) is 5.56 Å². The SMILES string of the molecule is CCN(CC)C(CNC(=O)c1ccc(NC(=O)c2ccccc2)cc1)c1ccsc1. The van der Waals surface area contributed by atoms with E-state index in [1.807, 2.05) is 18.2 Å². The molecular weight excluding hydrogens is 394 g/mol. The van der Waals surface area contributed by atoms with Crippen molar-refractivity contribution in [2.24, 2.45) is 0 Å². The molecule has 156 valence electrons. The molecule has 1 unspecified atom stereocenters. The van der Waals surface area contributed by atoms with Gasteiger partial charge >= 0.3 is 0 Å². The van der Waals surface area contributed by atoms with Crippen molar-refractivity contribution in [3.8, 4) is 0 Å². The second kappa shape index (κ2) is 10.7. The predicted molar refractivity (Wildman–Crippen MR) is 123 cm³/mol. The van der Waals surface area contributed by atoms with Crippen molar-refractivity contribution in [3.63, 3.8) is 0 Å². The lowest BCUT2D eigenvalue weighted by Crippen LogP contribution is -2.37. The Bertz CT molecular complexity index is 936. The first kappa shape index (κ1) is 21.7. The molecular formula is C24H27N3O2S. The minimum atomic E-state index is -0.175. The number of anilines is 1. The fraction of sp³-hybridized carbons (Fsp3) is 0.250. The van der Waals surface area contributed by atoms with E-state index < -0.39 is 0 Å². The Balaban J connectivity index is 1.60. The number of likely N-dealkylation sites (N-methyl/N-ethyl adjacent to an activating group) is 1. The third kappa shape index (κ3) is 5.55. The molecule has 6 heteroatoms. The van der Waals surface area contributed by atoms with Gasteiger partial charge in [0.25, 0.3) is 11.8 Å². The van der Waals surface area contributed by atoms with Crippen molar-refractivity contribution in [2.75, 3.05) is 25.0 Å². The number of nitrogens with one attached hydrogen (secondary N) is 2. The normalized spacial score (nSPS) is 11.8. The first-order valence-corrected chi connectivity index (χ1v) is 11.1. The summed E-state index contributed by atoms with van der Waals surface area (Å²) in [5.41, 5.74) is 3.04. The molecule has 5 nitrogen and oxygen atoms in total. The number of benzene rings is 2. The molecule has 0 aliphatic heterocycles. The standard InChI is InChI=1S/C24H27N3O2S/c1-3-27(4-2)22(20-14-15-30-17-20)16-25-23(28)19-10-12-21(13-11-19)26-24(29)18-8-6-5-7-9-18/h5-15,17,22H,3-4,16H2,1-2H3,(H,25,28)(H,26,29). The molecule has 3 aromatic rings. The first-order chi connectivity index (χ1) is 14.6. The lowest BCUT2D eigenvalue weighted by Gasteiger charge is -2.29. The molecule has 1 atom stereocenters. The van der Waals surface area contributed by atoms with Crippen LogP contribution in [0.5, 0.6) is 0 Å². The van der Waals surface area contributed by atoms with Crippen molar-refractivity contribution in [2.45, 2.75) is 19.9 Å². The maximum Gasteiger partial charge on any atom is 0.255 e. The lowest BCUT2D eigenvalue weighted by molar-refractivity contribution is 0.0934. The average Bonchev–Trinajstić information content (AvgIpc) is 3.32. The summed E-state index contributed by atoms with van der Waals surface area (Å²) in [5, 5.41) is 10.1. The van der Waals surface area contributed by atoms with Gasteiger partial charge in [-0.3, -0.25) is 14.5 Å². The molecule has 2 aromatic carbocycles. The van der Waals surface area contributed by atoms with E-state index in [4.69, 9.17) is 0 Å². The second-order valence-electron chi connectivity index (χ2n) is 6.90. The van der Waals surface area contributed by atoms with Crippen LogP contribution < -0.4 is 10.6 Å². The number of carbonyl (C=O) groups is 2. The summed E-state index contributed by atoms with van der Waals surface area (Å²) in [5.74, 6) is -0.297. The van der Waals surface area contributed by atoms with E-state index in [9.17, 15) is 9.59 Å². The fourth-order valence-corrected chi connectivity index (χ4v) is 4.08. The number of thiophene rings is 1. The van der Waals surface area contributed by atoms with Crippen LogP contribution in [0.15, 0.2) is 71.4 Å². The van der Waals surface area contributed by atoms with Gasteiger partial charge in [-0.15, -0.1) is 0 Å². The molecule has 3 rings (SSSR count). The third-order valence-corrected chi connectivity index (χ3v) is 5.78. The van der Waals surface area contributed by atoms with E-state index in [0.717, 1.165) is 13.1 Å². The fourth-order valence-electron chi connectivity index (χ4n) is 3.38. The Morgan fingerprint density at radius 1 is 0.900 bits per heavy atom. The van der Waals surface area contributed by atoms with Crippen LogP contribution in [0.2, 0.25) is 0 Å². The molecule has 2 amide bonds. The third-order valence-electron chi connectivity index (χ3n) is 5.08. The highest BCUT2D eigenvalue weighted by Gasteiger charge is 2.19. The zero-order valence-electron chi connectivity index (χ0n) is 17.3. The van der Waals surface area contributed by atoms with Crippen LogP contribution in [-0.4, -0.2) is 36.3 Å². The smallest absolute Gasteiger partial charge is 0.255 e. The highest BCUT2D eigenvalue weighted by Crippen LogP contribution is 2.22. The van der Waals surface area contributed by atoms with Crippen LogP contribution in [0, 0.1) is 0 Å². The van der Waals surface area contributed by atoms with E-state index >= 15 is 0 Å². The van der Waals surface area contributed by atoms with Gasteiger partial charge < -0.3 is 10.6 Å². The van der Waals surface area contributed by atoms with Gasteiger partial charge in [0.2, 0.25) is 0 Å². The average molecular weight is 422 g/mol. The van der Waals surface area contributed by atoms with Crippen LogP contribution in [0.4, 0.5) is 5.69 Å². The van der Waals surface area contributed by atoms with Crippen molar-refractivity contribution < 1.29 is 9.59 Å². The van der Waals surface area contributed by atoms with Crippen molar-refractivity contribution in [3.05, 3.63) is 88.1 Å². The van der Waals surface area contributed by atoms with Crippen LogP contribution >= 0.6 is 11.3 Å².